The standard InChI is InChI=1S/C18H30N4O3/c1-6-19-17(21-12-16(24)22-18(3,4)5)20-11-13-8-9-14(23)15(10-13)25-7-2/h8-10,23H,6-7,11-12H2,1-5H3,(H,22,24)(H2,19,20,21). The molecule has 1 rings (SSSR count). The first-order valence-corrected chi connectivity index (χ1v) is 8.53. The van der Waals surface area contributed by atoms with Crippen LogP contribution in [0.3, 0.4) is 0 Å². The smallest absolute Gasteiger partial charge is 0.239 e. The number of guanidine groups is 1. The van der Waals surface area contributed by atoms with Gasteiger partial charge in [-0.05, 0) is 52.3 Å². The Morgan fingerprint density at radius 3 is 2.56 bits per heavy atom. The molecule has 0 aromatic heterocycles. The molecule has 0 unspecified atom stereocenters. The van der Waals surface area contributed by atoms with Gasteiger partial charge in [0.15, 0.2) is 17.5 Å². The van der Waals surface area contributed by atoms with E-state index in [-0.39, 0.29) is 23.7 Å². The Balaban J connectivity index is 2.69. The number of aromatic hydroxyl groups is 1. The Morgan fingerprint density at radius 1 is 1.24 bits per heavy atom. The van der Waals surface area contributed by atoms with Gasteiger partial charge in [0, 0.05) is 12.1 Å². The van der Waals surface area contributed by atoms with Crippen molar-refractivity contribution in [3.63, 3.8) is 0 Å². The second-order valence-electron chi connectivity index (χ2n) is 6.58. The number of phenolic OH excluding ortho intramolecular Hbond substituents is 1. The highest BCUT2D eigenvalue weighted by molar-refractivity contribution is 5.86. The van der Waals surface area contributed by atoms with E-state index in [1.54, 1.807) is 18.2 Å². The zero-order chi connectivity index (χ0) is 18.9. The average molecular weight is 350 g/mol. The minimum Gasteiger partial charge on any atom is -0.504 e. The lowest BCUT2D eigenvalue weighted by Gasteiger charge is -2.21. The molecule has 1 aromatic rings. The monoisotopic (exact) mass is 350 g/mol. The lowest BCUT2D eigenvalue weighted by molar-refractivity contribution is -0.121. The average Bonchev–Trinajstić information content (AvgIpc) is 2.51. The minimum absolute atomic E-state index is 0.0960. The first kappa shape index (κ1) is 20.6. The molecule has 0 saturated heterocycles. The van der Waals surface area contributed by atoms with E-state index < -0.39 is 0 Å². The van der Waals surface area contributed by atoms with Gasteiger partial charge in [-0.25, -0.2) is 4.99 Å². The summed E-state index contributed by atoms with van der Waals surface area (Å²) in [6.45, 7) is 11.3. The summed E-state index contributed by atoms with van der Waals surface area (Å²) in [4.78, 5) is 16.4. The largest absolute Gasteiger partial charge is 0.504 e. The van der Waals surface area contributed by atoms with Crippen molar-refractivity contribution in [1.82, 2.24) is 16.0 Å². The topological polar surface area (TPSA) is 95.0 Å². The number of aliphatic imine (C=N–C) groups is 1. The van der Waals surface area contributed by atoms with Crippen LogP contribution in [0.15, 0.2) is 23.2 Å². The molecule has 0 bridgehead atoms. The summed E-state index contributed by atoms with van der Waals surface area (Å²) < 4.78 is 5.37. The second-order valence-corrected chi connectivity index (χ2v) is 6.58. The number of phenols is 1. The third-order valence-electron chi connectivity index (χ3n) is 3.02. The summed E-state index contributed by atoms with van der Waals surface area (Å²) in [5, 5.41) is 18.7. The minimum atomic E-state index is -0.268. The van der Waals surface area contributed by atoms with E-state index in [0.717, 1.165) is 5.56 Å². The fourth-order valence-electron chi connectivity index (χ4n) is 2.07. The van der Waals surface area contributed by atoms with Crippen LogP contribution in [0, 0.1) is 0 Å². The molecule has 25 heavy (non-hydrogen) atoms. The molecule has 7 heteroatoms. The maximum absolute atomic E-state index is 11.9. The van der Waals surface area contributed by atoms with Gasteiger partial charge < -0.3 is 25.8 Å². The second kappa shape index (κ2) is 9.76. The number of carbonyl (C=O) groups is 1. The summed E-state index contributed by atoms with van der Waals surface area (Å²) in [7, 11) is 0. The Labute approximate surface area is 149 Å². The fourth-order valence-corrected chi connectivity index (χ4v) is 2.07. The highest BCUT2D eigenvalue weighted by Crippen LogP contribution is 2.27. The van der Waals surface area contributed by atoms with Crippen LogP contribution in [0.25, 0.3) is 0 Å². The Bertz CT molecular complexity index is 594. The number of ether oxygens (including phenoxy) is 1. The van der Waals surface area contributed by atoms with E-state index in [1.807, 2.05) is 34.6 Å². The number of nitrogens with one attached hydrogen (secondary N) is 3. The number of rotatable bonds is 7. The van der Waals surface area contributed by atoms with Crippen LogP contribution < -0.4 is 20.7 Å². The van der Waals surface area contributed by atoms with Crippen molar-refractivity contribution < 1.29 is 14.6 Å². The van der Waals surface area contributed by atoms with Gasteiger partial charge in [-0.2, -0.15) is 0 Å². The lowest BCUT2D eigenvalue weighted by atomic mass is 10.1. The molecular formula is C18H30N4O3. The summed E-state index contributed by atoms with van der Waals surface area (Å²) in [6.07, 6.45) is 0. The highest BCUT2D eigenvalue weighted by atomic mass is 16.5. The molecule has 0 fully saturated rings. The van der Waals surface area contributed by atoms with Gasteiger partial charge in [0.2, 0.25) is 5.91 Å². The summed E-state index contributed by atoms with van der Waals surface area (Å²) in [5.41, 5.74) is 0.633. The molecule has 0 saturated carbocycles. The van der Waals surface area contributed by atoms with Gasteiger partial charge >= 0.3 is 0 Å². The Morgan fingerprint density at radius 2 is 1.96 bits per heavy atom. The predicted molar refractivity (Wildman–Crippen MR) is 100.0 cm³/mol. The van der Waals surface area contributed by atoms with Crippen LogP contribution >= 0.6 is 0 Å². The van der Waals surface area contributed by atoms with E-state index in [0.29, 0.717) is 31.4 Å². The van der Waals surface area contributed by atoms with Gasteiger partial charge in [0.25, 0.3) is 0 Å². The molecule has 4 N–H and O–H groups in total. The molecule has 0 heterocycles. The molecule has 0 aliphatic rings. The van der Waals surface area contributed by atoms with Crippen LogP contribution in [-0.4, -0.2) is 42.2 Å². The van der Waals surface area contributed by atoms with Gasteiger partial charge in [-0.1, -0.05) is 6.07 Å². The van der Waals surface area contributed by atoms with Crippen molar-refractivity contribution in [2.24, 2.45) is 4.99 Å². The highest BCUT2D eigenvalue weighted by Gasteiger charge is 2.13. The summed E-state index contributed by atoms with van der Waals surface area (Å²) in [6, 6.07) is 5.14. The number of hydrogen-bond donors (Lipinski definition) is 4. The van der Waals surface area contributed by atoms with E-state index in [9.17, 15) is 9.90 Å². The van der Waals surface area contributed by atoms with Crippen LogP contribution in [-0.2, 0) is 11.3 Å². The number of carbonyl (C=O) groups excluding carboxylic acids is 1. The van der Waals surface area contributed by atoms with Crippen molar-refractivity contribution in [1.29, 1.82) is 0 Å². The van der Waals surface area contributed by atoms with Gasteiger partial charge in [-0.15, -0.1) is 0 Å². The molecule has 1 amide bonds. The van der Waals surface area contributed by atoms with Crippen molar-refractivity contribution in [2.75, 3.05) is 19.7 Å². The van der Waals surface area contributed by atoms with E-state index in [2.05, 4.69) is 20.9 Å². The van der Waals surface area contributed by atoms with Gasteiger partial charge in [-0.3, -0.25) is 4.79 Å². The Hall–Kier alpha value is -2.44. The number of benzene rings is 1. The third-order valence-corrected chi connectivity index (χ3v) is 3.02. The van der Waals surface area contributed by atoms with Crippen molar-refractivity contribution in [3.8, 4) is 11.5 Å². The van der Waals surface area contributed by atoms with Gasteiger partial charge in [0.05, 0.1) is 19.7 Å². The van der Waals surface area contributed by atoms with Crippen LogP contribution in [0.5, 0.6) is 11.5 Å². The number of nitrogens with zero attached hydrogens (tertiary/aromatic N) is 1. The van der Waals surface area contributed by atoms with Crippen LogP contribution in [0.2, 0.25) is 0 Å². The summed E-state index contributed by atoms with van der Waals surface area (Å²) >= 11 is 0. The normalized spacial score (nSPS) is 11.8. The predicted octanol–water partition coefficient (Wildman–Crippen LogP) is 1.76. The van der Waals surface area contributed by atoms with Crippen molar-refractivity contribution in [3.05, 3.63) is 23.8 Å². The molecule has 0 aliphatic carbocycles. The molecule has 0 spiro atoms. The maximum atomic E-state index is 11.9. The van der Waals surface area contributed by atoms with Gasteiger partial charge in [0.1, 0.15) is 0 Å². The van der Waals surface area contributed by atoms with Crippen molar-refractivity contribution >= 4 is 11.9 Å². The molecule has 7 nitrogen and oxygen atoms in total. The third kappa shape index (κ3) is 8.28. The number of hydrogen-bond acceptors (Lipinski definition) is 4. The molecule has 140 valence electrons. The van der Waals surface area contributed by atoms with Crippen molar-refractivity contribution in [2.45, 2.75) is 46.7 Å². The molecule has 0 atom stereocenters. The van der Waals surface area contributed by atoms with E-state index >= 15 is 0 Å². The molecular weight excluding hydrogens is 320 g/mol. The maximum Gasteiger partial charge on any atom is 0.239 e. The zero-order valence-electron chi connectivity index (χ0n) is 15.8. The molecule has 0 radical (unpaired) electrons. The molecule has 0 aliphatic heterocycles. The summed E-state index contributed by atoms with van der Waals surface area (Å²) in [5.74, 6) is 1.01. The quantitative estimate of drug-likeness (QED) is 0.444. The first-order chi connectivity index (χ1) is 11.7. The Kier molecular flexibility index (Phi) is 8.04. The lowest BCUT2D eigenvalue weighted by Crippen LogP contribution is -2.48. The fraction of sp³-hybridized carbons (Fsp3) is 0.556. The van der Waals surface area contributed by atoms with Crippen LogP contribution in [0.1, 0.15) is 40.2 Å². The van der Waals surface area contributed by atoms with E-state index in [1.165, 1.54) is 0 Å². The van der Waals surface area contributed by atoms with Crippen LogP contribution in [0.4, 0.5) is 0 Å². The zero-order valence-corrected chi connectivity index (χ0v) is 15.8. The number of amides is 1. The first-order valence-electron chi connectivity index (χ1n) is 8.53. The van der Waals surface area contributed by atoms with E-state index in [4.69, 9.17) is 4.74 Å². The SMILES string of the molecule is CCNC(=NCc1ccc(O)c(OCC)c1)NCC(=O)NC(C)(C)C. The molecule has 1 aromatic carbocycles.